The van der Waals surface area contributed by atoms with E-state index < -0.39 is 0 Å². The molecule has 0 radical (unpaired) electrons. The van der Waals surface area contributed by atoms with Gasteiger partial charge in [-0.3, -0.25) is 0 Å². The zero-order chi connectivity index (χ0) is 9.42. The van der Waals surface area contributed by atoms with Crippen LogP contribution < -0.4 is 10.6 Å². The molecule has 2 unspecified atom stereocenters. The summed E-state index contributed by atoms with van der Waals surface area (Å²) in [5.41, 5.74) is 8.42. The molecule has 2 rings (SSSR count). The third-order valence-electron chi connectivity index (χ3n) is 2.68. The quantitative estimate of drug-likeness (QED) is 0.741. The van der Waals surface area contributed by atoms with Crippen LogP contribution in [0.3, 0.4) is 0 Å². The van der Waals surface area contributed by atoms with Crippen molar-refractivity contribution in [3.8, 4) is 0 Å². The number of benzene rings is 1. The van der Waals surface area contributed by atoms with Gasteiger partial charge >= 0.3 is 0 Å². The van der Waals surface area contributed by atoms with Gasteiger partial charge in [0.15, 0.2) is 0 Å². The summed E-state index contributed by atoms with van der Waals surface area (Å²) in [6.45, 7) is 0. The van der Waals surface area contributed by atoms with Crippen molar-refractivity contribution < 1.29 is 0 Å². The molecular weight excluding hydrogens is 160 g/mol. The SMILES string of the molecule is CN(C)c1ccc(C2CC2N)cc1. The fraction of sp³-hybridized carbons (Fsp3) is 0.455. The van der Waals surface area contributed by atoms with Crippen molar-refractivity contribution in [2.45, 2.75) is 18.4 Å². The van der Waals surface area contributed by atoms with Gasteiger partial charge < -0.3 is 10.6 Å². The molecule has 70 valence electrons. The van der Waals surface area contributed by atoms with Crippen LogP contribution in [-0.2, 0) is 0 Å². The zero-order valence-electron chi connectivity index (χ0n) is 8.20. The maximum Gasteiger partial charge on any atom is 0.0361 e. The number of hydrogen-bond acceptors (Lipinski definition) is 2. The van der Waals surface area contributed by atoms with E-state index in [1.165, 1.54) is 11.3 Å². The third-order valence-corrected chi connectivity index (χ3v) is 2.68. The van der Waals surface area contributed by atoms with E-state index in [2.05, 4.69) is 43.3 Å². The summed E-state index contributed by atoms with van der Waals surface area (Å²) >= 11 is 0. The lowest BCUT2D eigenvalue weighted by Gasteiger charge is -2.12. The largest absolute Gasteiger partial charge is 0.378 e. The van der Waals surface area contributed by atoms with Gasteiger partial charge in [-0.1, -0.05) is 12.1 Å². The van der Waals surface area contributed by atoms with Gasteiger partial charge in [-0.25, -0.2) is 0 Å². The maximum atomic E-state index is 5.79. The van der Waals surface area contributed by atoms with Crippen LogP contribution in [0.5, 0.6) is 0 Å². The van der Waals surface area contributed by atoms with Crippen molar-refractivity contribution in [1.29, 1.82) is 0 Å². The Morgan fingerprint density at radius 2 is 1.77 bits per heavy atom. The molecule has 1 saturated carbocycles. The number of anilines is 1. The van der Waals surface area contributed by atoms with E-state index in [9.17, 15) is 0 Å². The summed E-state index contributed by atoms with van der Waals surface area (Å²) < 4.78 is 0. The number of rotatable bonds is 2. The molecule has 2 heteroatoms. The second-order valence-corrected chi connectivity index (χ2v) is 3.99. The topological polar surface area (TPSA) is 29.3 Å². The van der Waals surface area contributed by atoms with E-state index in [-0.39, 0.29) is 0 Å². The smallest absolute Gasteiger partial charge is 0.0361 e. The second-order valence-electron chi connectivity index (χ2n) is 3.99. The van der Waals surface area contributed by atoms with Gasteiger partial charge in [0.05, 0.1) is 0 Å². The molecular formula is C11H16N2. The van der Waals surface area contributed by atoms with Gasteiger partial charge in [-0.15, -0.1) is 0 Å². The summed E-state index contributed by atoms with van der Waals surface area (Å²) in [5.74, 6) is 0.621. The highest BCUT2D eigenvalue weighted by molar-refractivity contribution is 5.47. The van der Waals surface area contributed by atoms with Crippen LogP contribution in [0.15, 0.2) is 24.3 Å². The lowest BCUT2D eigenvalue weighted by atomic mass is 10.1. The van der Waals surface area contributed by atoms with Crippen LogP contribution >= 0.6 is 0 Å². The van der Waals surface area contributed by atoms with Gasteiger partial charge in [-0.2, -0.15) is 0 Å². The molecule has 0 saturated heterocycles. The molecule has 0 aliphatic heterocycles. The van der Waals surface area contributed by atoms with Crippen molar-refractivity contribution in [3.63, 3.8) is 0 Å². The predicted molar refractivity (Wildman–Crippen MR) is 56.1 cm³/mol. The van der Waals surface area contributed by atoms with Crippen molar-refractivity contribution in [2.24, 2.45) is 5.73 Å². The highest BCUT2D eigenvalue weighted by Gasteiger charge is 2.34. The monoisotopic (exact) mass is 176 g/mol. The average molecular weight is 176 g/mol. The summed E-state index contributed by atoms with van der Waals surface area (Å²) in [6.07, 6.45) is 1.15. The Morgan fingerprint density at radius 3 is 2.15 bits per heavy atom. The average Bonchev–Trinajstić information content (AvgIpc) is 2.83. The molecule has 1 aliphatic rings. The lowest BCUT2D eigenvalue weighted by molar-refractivity contribution is 0.989. The minimum absolute atomic E-state index is 0.408. The Morgan fingerprint density at radius 1 is 1.23 bits per heavy atom. The molecule has 0 heterocycles. The highest BCUT2D eigenvalue weighted by Crippen LogP contribution is 2.39. The van der Waals surface area contributed by atoms with Crippen LogP contribution in [0.2, 0.25) is 0 Å². The molecule has 2 N–H and O–H groups in total. The number of nitrogens with two attached hydrogens (primary N) is 1. The van der Waals surface area contributed by atoms with Gasteiger partial charge in [0.1, 0.15) is 0 Å². The van der Waals surface area contributed by atoms with Crippen molar-refractivity contribution >= 4 is 5.69 Å². The minimum atomic E-state index is 0.408. The van der Waals surface area contributed by atoms with Crippen molar-refractivity contribution in [2.75, 3.05) is 19.0 Å². The molecule has 13 heavy (non-hydrogen) atoms. The third kappa shape index (κ3) is 1.68. The normalized spacial score (nSPS) is 25.8. The van der Waals surface area contributed by atoms with Crippen LogP contribution in [-0.4, -0.2) is 20.1 Å². The maximum absolute atomic E-state index is 5.79. The summed E-state index contributed by atoms with van der Waals surface area (Å²) in [7, 11) is 4.11. The lowest BCUT2D eigenvalue weighted by Crippen LogP contribution is -2.08. The van der Waals surface area contributed by atoms with Gasteiger partial charge in [0, 0.05) is 31.7 Å². The minimum Gasteiger partial charge on any atom is -0.378 e. The number of nitrogens with zero attached hydrogens (tertiary/aromatic N) is 1. The van der Waals surface area contributed by atoms with E-state index in [4.69, 9.17) is 5.73 Å². The summed E-state index contributed by atoms with van der Waals surface area (Å²) in [4.78, 5) is 2.11. The van der Waals surface area contributed by atoms with E-state index >= 15 is 0 Å². The Labute approximate surface area is 79.4 Å². The first-order valence-corrected chi connectivity index (χ1v) is 4.71. The molecule has 0 aromatic heterocycles. The standard InChI is InChI=1S/C11H16N2/c1-13(2)9-5-3-8(4-6-9)10-7-11(10)12/h3-6,10-11H,7,12H2,1-2H3. The van der Waals surface area contributed by atoms with Crippen LogP contribution in [0.1, 0.15) is 17.9 Å². The molecule has 0 spiro atoms. The van der Waals surface area contributed by atoms with E-state index in [1.807, 2.05) is 0 Å². The van der Waals surface area contributed by atoms with Gasteiger partial charge in [0.25, 0.3) is 0 Å². The van der Waals surface area contributed by atoms with Crippen LogP contribution in [0.25, 0.3) is 0 Å². The molecule has 1 fully saturated rings. The van der Waals surface area contributed by atoms with Crippen molar-refractivity contribution in [3.05, 3.63) is 29.8 Å². The molecule has 0 bridgehead atoms. The first kappa shape index (κ1) is 8.57. The van der Waals surface area contributed by atoms with E-state index in [1.54, 1.807) is 0 Å². The number of hydrogen-bond donors (Lipinski definition) is 1. The Bertz CT molecular complexity index is 289. The van der Waals surface area contributed by atoms with Gasteiger partial charge in [0.2, 0.25) is 0 Å². The fourth-order valence-corrected chi connectivity index (χ4v) is 1.62. The van der Waals surface area contributed by atoms with Crippen LogP contribution in [0, 0.1) is 0 Å². The second kappa shape index (κ2) is 3.04. The van der Waals surface area contributed by atoms with Crippen LogP contribution in [0.4, 0.5) is 5.69 Å². The Hall–Kier alpha value is -1.02. The van der Waals surface area contributed by atoms with Gasteiger partial charge in [-0.05, 0) is 24.1 Å². The van der Waals surface area contributed by atoms with Crippen molar-refractivity contribution in [1.82, 2.24) is 0 Å². The Kier molecular flexibility index (Phi) is 2.00. The molecule has 2 nitrogen and oxygen atoms in total. The van der Waals surface area contributed by atoms with E-state index in [0.717, 1.165) is 6.42 Å². The zero-order valence-corrected chi connectivity index (χ0v) is 8.20. The predicted octanol–water partition coefficient (Wildman–Crippen LogP) is 1.57. The first-order chi connectivity index (χ1) is 6.18. The molecule has 0 amide bonds. The molecule has 1 aromatic rings. The molecule has 1 aliphatic carbocycles. The highest BCUT2D eigenvalue weighted by atomic mass is 15.1. The molecule has 2 atom stereocenters. The Balaban J connectivity index is 2.14. The summed E-state index contributed by atoms with van der Waals surface area (Å²) in [6, 6.07) is 9.09. The fourth-order valence-electron chi connectivity index (χ4n) is 1.62. The van der Waals surface area contributed by atoms with E-state index in [0.29, 0.717) is 12.0 Å². The molecule has 1 aromatic carbocycles. The summed E-state index contributed by atoms with van der Waals surface area (Å²) in [5, 5.41) is 0. The first-order valence-electron chi connectivity index (χ1n) is 4.71.